The third-order valence-electron chi connectivity index (χ3n) is 3.41. The molecule has 7 nitrogen and oxygen atoms in total. The average molecular weight is 327 g/mol. The van der Waals surface area contributed by atoms with Gasteiger partial charge in [0.25, 0.3) is 0 Å². The van der Waals surface area contributed by atoms with E-state index in [-0.39, 0.29) is 31.8 Å². The van der Waals surface area contributed by atoms with Gasteiger partial charge in [-0.05, 0) is 12.1 Å². The minimum absolute atomic E-state index is 0.108. The quantitative estimate of drug-likeness (QED) is 0.890. The number of hydrogen-bond acceptors (Lipinski definition) is 5. The summed E-state index contributed by atoms with van der Waals surface area (Å²) in [6.07, 6.45) is 0.0636. The van der Waals surface area contributed by atoms with Gasteiger partial charge in [-0.2, -0.15) is 0 Å². The molecule has 118 valence electrons. The highest BCUT2D eigenvalue weighted by Gasteiger charge is 2.17. The first-order chi connectivity index (χ1) is 10.6. The summed E-state index contributed by atoms with van der Waals surface area (Å²) in [4.78, 5) is 23.6. The number of aromatic nitrogens is 1. The van der Waals surface area contributed by atoms with Crippen molar-refractivity contribution in [2.45, 2.75) is 19.1 Å². The minimum atomic E-state index is -0.502. The van der Waals surface area contributed by atoms with Gasteiger partial charge in [0, 0.05) is 30.6 Å². The molecule has 1 aliphatic rings. The average Bonchev–Trinajstić information content (AvgIpc) is 3.10. The first kappa shape index (κ1) is 15.1. The second-order valence-corrected chi connectivity index (χ2v) is 5.40. The maximum Gasteiger partial charge on any atom is 0.419 e. The number of oxazole rings is 1. The number of carbonyl (C=O) groups excluding carboxylic acids is 1. The van der Waals surface area contributed by atoms with E-state index in [4.69, 9.17) is 25.5 Å². The molecule has 8 heteroatoms. The highest BCUT2D eigenvalue weighted by Crippen LogP contribution is 2.18. The van der Waals surface area contributed by atoms with Crippen molar-refractivity contribution in [2.24, 2.45) is 0 Å². The molecular weight excluding hydrogens is 312 g/mol. The molecule has 1 aliphatic heterocycles. The SMILES string of the molecule is O=C(CCn1c(=O)oc2cc(Cl)ccc21)NCC1COCO1. The highest BCUT2D eigenvalue weighted by atomic mass is 35.5. The molecule has 1 amide bonds. The van der Waals surface area contributed by atoms with E-state index in [0.29, 0.717) is 29.3 Å². The molecule has 2 aromatic rings. The van der Waals surface area contributed by atoms with E-state index >= 15 is 0 Å². The number of carbonyl (C=O) groups is 1. The lowest BCUT2D eigenvalue weighted by Gasteiger charge is -2.09. The molecule has 3 rings (SSSR count). The Labute approximate surface area is 130 Å². The molecule has 0 spiro atoms. The van der Waals surface area contributed by atoms with Gasteiger partial charge in [-0.25, -0.2) is 4.79 Å². The van der Waals surface area contributed by atoms with Crippen molar-refractivity contribution in [3.63, 3.8) is 0 Å². The molecule has 1 N–H and O–H groups in total. The molecule has 0 bridgehead atoms. The Kier molecular flexibility index (Phi) is 4.47. The Hall–Kier alpha value is -1.83. The van der Waals surface area contributed by atoms with Crippen molar-refractivity contribution in [2.75, 3.05) is 19.9 Å². The van der Waals surface area contributed by atoms with Crippen molar-refractivity contribution in [1.29, 1.82) is 0 Å². The molecule has 1 saturated heterocycles. The first-order valence-corrected chi connectivity index (χ1v) is 7.26. The van der Waals surface area contributed by atoms with E-state index in [9.17, 15) is 9.59 Å². The van der Waals surface area contributed by atoms with E-state index in [0.717, 1.165) is 0 Å². The zero-order valence-corrected chi connectivity index (χ0v) is 12.5. The van der Waals surface area contributed by atoms with Gasteiger partial charge in [-0.15, -0.1) is 0 Å². The Morgan fingerprint density at radius 2 is 2.32 bits per heavy atom. The van der Waals surface area contributed by atoms with Crippen LogP contribution in [0.4, 0.5) is 0 Å². The smallest absolute Gasteiger partial charge is 0.408 e. The fraction of sp³-hybridized carbons (Fsp3) is 0.429. The summed E-state index contributed by atoms with van der Waals surface area (Å²) in [5.41, 5.74) is 1.03. The second-order valence-electron chi connectivity index (χ2n) is 4.96. The zero-order valence-electron chi connectivity index (χ0n) is 11.7. The zero-order chi connectivity index (χ0) is 15.5. The number of nitrogens with zero attached hydrogens (tertiary/aromatic N) is 1. The number of rotatable bonds is 5. The van der Waals surface area contributed by atoms with Gasteiger partial charge in [0.05, 0.1) is 12.1 Å². The maximum absolute atomic E-state index is 11.8. The van der Waals surface area contributed by atoms with Crippen LogP contribution in [0.3, 0.4) is 0 Å². The molecule has 22 heavy (non-hydrogen) atoms. The fourth-order valence-corrected chi connectivity index (χ4v) is 2.43. The number of halogens is 1. The third kappa shape index (κ3) is 3.32. The summed E-state index contributed by atoms with van der Waals surface area (Å²) < 4.78 is 16.8. The van der Waals surface area contributed by atoms with E-state index < -0.39 is 5.76 Å². The van der Waals surface area contributed by atoms with Crippen molar-refractivity contribution < 1.29 is 18.7 Å². The largest absolute Gasteiger partial charge is 0.419 e. The van der Waals surface area contributed by atoms with Crippen molar-refractivity contribution >= 4 is 28.6 Å². The number of nitrogens with one attached hydrogen (secondary N) is 1. The van der Waals surface area contributed by atoms with Gasteiger partial charge in [-0.3, -0.25) is 9.36 Å². The van der Waals surface area contributed by atoms with Crippen molar-refractivity contribution in [1.82, 2.24) is 9.88 Å². The lowest BCUT2D eigenvalue weighted by atomic mass is 10.3. The molecule has 0 aliphatic carbocycles. The summed E-state index contributed by atoms with van der Waals surface area (Å²) in [7, 11) is 0. The fourth-order valence-electron chi connectivity index (χ4n) is 2.27. The molecule has 0 saturated carbocycles. The Balaban J connectivity index is 1.60. The summed E-state index contributed by atoms with van der Waals surface area (Å²) in [5.74, 6) is -0.664. The maximum atomic E-state index is 11.8. The Morgan fingerprint density at radius 1 is 1.45 bits per heavy atom. The van der Waals surface area contributed by atoms with Gasteiger partial charge >= 0.3 is 5.76 Å². The topological polar surface area (TPSA) is 82.7 Å². The Morgan fingerprint density at radius 3 is 3.09 bits per heavy atom. The predicted octanol–water partition coefficient (Wildman–Crippen LogP) is 1.13. The van der Waals surface area contributed by atoms with Crippen LogP contribution < -0.4 is 11.1 Å². The Bertz CT molecular complexity index is 732. The van der Waals surface area contributed by atoms with E-state index in [1.165, 1.54) is 4.57 Å². The van der Waals surface area contributed by atoms with Crippen molar-refractivity contribution in [3.05, 3.63) is 33.8 Å². The number of ether oxygens (including phenoxy) is 2. The number of amides is 1. The molecule has 1 fully saturated rings. The number of fused-ring (bicyclic) bond motifs is 1. The molecule has 1 atom stereocenters. The summed E-state index contributed by atoms with van der Waals surface area (Å²) in [5, 5.41) is 3.24. The predicted molar refractivity (Wildman–Crippen MR) is 78.8 cm³/mol. The van der Waals surface area contributed by atoms with Crippen LogP contribution in [0.1, 0.15) is 6.42 Å². The van der Waals surface area contributed by atoms with E-state index in [1.54, 1.807) is 18.2 Å². The minimum Gasteiger partial charge on any atom is -0.408 e. The van der Waals surface area contributed by atoms with Gasteiger partial charge < -0.3 is 19.2 Å². The molecule has 1 unspecified atom stereocenters. The molecule has 1 aromatic heterocycles. The highest BCUT2D eigenvalue weighted by molar-refractivity contribution is 6.31. The lowest BCUT2D eigenvalue weighted by Crippen LogP contribution is -2.34. The van der Waals surface area contributed by atoms with Gasteiger partial charge in [0.2, 0.25) is 5.91 Å². The molecule has 0 radical (unpaired) electrons. The van der Waals surface area contributed by atoms with Crippen molar-refractivity contribution in [3.8, 4) is 0 Å². The molecular formula is C14H15ClN2O5. The molecule has 2 heterocycles. The van der Waals surface area contributed by atoms with Crippen LogP contribution in [0, 0.1) is 0 Å². The summed E-state index contributed by atoms with van der Waals surface area (Å²) >= 11 is 5.85. The van der Waals surface area contributed by atoms with Gasteiger partial charge in [-0.1, -0.05) is 11.6 Å². The van der Waals surface area contributed by atoms with Gasteiger partial charge in [0.1, 0.15) is 12.9 Å². The van der Waals surface area contributed by atoms with Crippen LogP contribution in [0.15, 0.2) is 27.4 Å². The van der Waals surface area contributed by atoms with Crippen LogP contribution in [0.2, 0.25) is 5.02 Å². The normalized spacial score (nSPS) is 18.0. The summed E-state index contributed by atoms with van der Waals surface area (Å²) in [6, 6.07) is 4.95. The third-order valence-corrected chi connectivity index (χ3v) is 3.65. The second kappa shape index (κ2) is 6.51. The lowest BCUT2D eigenvalue weighted by molar-refractivity contribution is -0.121. The van der Waals surface area contributed by atoms with Crippen LogP contribution >= 0.6 is 11.6 Å². The molecule has 1 aromatic carbocycles. The number of benzene rings is 1. The van der Waals surface area contributed by atoms with Gasteiger partial charge in [0.15, 0.2) is 5.58 Å². The van der Waals surface area contributed by atoms with E-state index in [2.05, 4.69) is 5.32 Å². The van der Waals surface area contributed by atoms with E-state index in [1.807, 2.05) is 0 Å². The van der Waals surface area contributed by atoms with Crippen LogP contribution in [-0.4, -0.2) is 36.5 Å². The number of aryl methyl sites for hydroxylation is 1. The summed E-state index contributed by atoms with van der Waals surface area (Å²) in [6.45, 7) is 1.38. The number of hydrogen-bond donors (Lipinski definition) is 1. The monoisotopic (exact) mass is 326 g/mol. The van der Waals surface area contributed by atoms with Crippen LogP contribution in [0.25, 0.3) is 11.1 Å². The standard InChI is InChI=1S/C14H15ClN2O5/c15-9-1-2-11-12(5-9)22-14(19)17(11)4-3-13(18)16-6-10-7-20-8-21-10/h1-2,5,10H,3-4,6-8H2,(H,16,18). The van der Waals surface area contributed by atoms with Crippen LogP contribution in [-0.2, 0) is 20.8 Å². The first-order valence-electron chi connectivity index (χ1n) is 6.88. The van der Waals surface area contributed by atoms with Crippen LogP contribution in [0.5, 0.6) is 0 Å².